The molecular formula is C30H38ClN5O2. The molecule has 1 aliphatic carbocycles. The van der Waals surface area contributed by atoms with Gasteiger partial charge in [0.1, 0.15) is 0 Å². The lowest BCUT2D eigenvalue weighted by molar-refractivity contribution is -0.130. The zero-order chi connectivity index (χ0) is 26.5. The number of nitrogens with two attached hydrogens (primary N) is 1. The first kappa shape index (κ1) is 26.9. The van der Waals surface area contributed by atoms with Crippen molar-refractivity contribution in [3.05, 3.63) is 70.9 Å². The number of halogens is 1. The highest BCUT2D eigenvalue weighted by atomic mass is 35.5. The van der Waals surface area contributed by atoms with Gasteiger partial charge in [0.15, 0.2) is 5.78 Å². The first-order valence-electron chi connectivity index (χ1n) is 13.8. The number of aromatic amines is 1. The molecule has 0 radical (unpaired) electrons. The van der Waals surface area contributed by atoms with Crippen LogP contribution in [0.1, 0.15) is 55.7 Å². The van der Waals surface area contributed by atoms with E-state index in [0.717, 1.165) is 48.2 Å². The van der Waals surface area contributed by atoms with Gasteiger partial charge in [-0.2, -0.15) is 0 Å². The van der Waals surface area contributed by atoms with Crippen molar-refractivity contribution in [3.63, 3.8) is 0 Å². The third kappa shape index (κ3) is 6.12. The van der Waals surface area contributed by atoms with Crippen molar-refractivity contribution in [1.29, 1.82) is 0 Å². The third-order valence-corrected chi connectivity index (χ3v) is 8.56. The summed E-state index contributed by atoms with van der Waals surface area (Å²) in [5.74, 6) is -0.376. The summed E-state index contributed by atoms with van der Waals surface area (Å²) in [5, 5.41) is 4.49. The maximum absolute atomic E-state index is 13.9. The summed E-state index contributed by atoms with van der Waals surface area (Å²) in [6, 6.07) is 14.7. The van der Waals surface area contributed by atoms with Crippen molar-refractivity contribution in [2.75, 3.05) is 26.2 Å². The molecular weight excluding hydrogens is 498 g/mol. The average molecular weight is 536 g/mol. The number of carbonyl (C=O) groups excluding carboxylic acids is 2. The Hall–Kier alpha value is -2.71. The van der Waals surface area contributed by atoms with Crippen LogP contribution in [0.4, 0.5) is 0 Å². The molecule has 5 rings (SSSR count). The lowest BCUT2D eigenvalue weighted by Crippen LogP contribution is -2.54. The number of ketones is 1. The van der Waals surface area contributed by atoms with Crippen LogP contribution in [0.2, 0.25) is 5.02 Å². The van der Waals surface area contributed by atoms with E-state index in [0.29, 0.717) is 17.6 Å². The van der Waals surface area contributed by atoms with Gasteiger partial charge in [-0.25, -0.2) is 0 Å². The van der Waals surface area contributed by atoms with Crippen molar-refractivity contribution in [2.45, 2.75) is 63.2 Å². The topological polar surface area (TPSA) is 94.5 Å². The number of H-pyrrole nitrogens is 1. The second-order valence-corrected chi connectivity index (χ2v) is 11.0. The summed E-state index contributed by atoms with van der Waals surface area (Å²) in [6.45, 7) is 3.80. The van der Waals surface area contributed by atoms with Gasteiger partial charge in [0.2, 0.25) is 5.91 Å². The number of aromatic nitrogens is 1. The molecule has 2 aliphatic rings. The number of para-hydroxylation sites is 1. The smallest absolute Gasteiger partial charge is 0.222 e. The summed E-state index contributed by atoms with van der Waals surface area (Å²) >= 11 is 6.21. The van der Waals surface area contributed by atoms with E-state index in [1.165, 1.54) is 32.1 Å². The fourth-order valence-electron chi connectivity index (χ4n) is 6.07. The standard InChI is InChI=1S/C30H38ClN5O2/c31-25-12-6-4-8-21(25)19-34-28(37)18-26(32)30(38)29(24-20-33-27-13-7-5-11-23(24)27)36-16-14-35(15-17-36)22-9-2-1-3-10-22/h4-8,11-13,20,22,26,29,33H,1-3,9-10,14-19,32H2,(H,34,37). The summed E-state index contributed by atoms with van der Waals surface area (Å²) in [5.41, 5.74) is 9.19. The molecule has 0 bridgehead atoms. The first-order chi connectivity index (χ1) is 18.5. The molecule has 2 atom stereocenters. The van der Waals surface area contributed by atoms with Crippen molar-refractivity contribution < 1.29 is 9.59 Å². The van der Waals surface area contributed by atoms with Gasteiger partial charge in [0, 0.05) is 72.9 Å². The molecule has 1 saturated heterocycles. The van der Waals surface area contributed by atoms with Crippen molar-refractivity contribution in [1.82, 2.24) is 20.1 Å². The van der Waals surface area contributed by atoms with Gasteiger partial charge in [-0.3, -0.25) is 19.4 Å². The molecule has 202 valence electrons. The lowest BCUT2D eigenvalue weighted by atomic mass is 9.92. The van der Waals surface area contributed by atoms with Crippen molar-refractivity contribution >= 4 is 34.2 Å². The number of hydrogen-bond acceptors (Lipinski definition) is 5. The molecule has 8 heteroatoms. The fourth-order valence-corrected chi connectivity index (χ4v) is 6.27. The predicted molar refractivity (Wildman–Crippen MR) is 152 cm³/mol. The number of piperazine rings is 1. The third-order valence-electron chi connectivity index (χ3n) is 8.20. The van der Waals surface area contributed by atoms with Crippen LogP contribution in [-0.2, 0) is 16.1 Å². The summed E-state index contributed by atoms with van der Waals surface area (Å²) in [7, 11) is 0. The van der Waals surface area contributed by atoms with Gasteiger partial charge in [0.05, 0.1) is 12.1 Å². The number of fused-ring (bicyclic) bond motifs is 1. The number of amides is 1. The Bertz CT molecular complexity index is 1250. The Morgan fingerprint density at radius 1 is 1.00 bits per heavy atom. The largest absolute Gasteiger partial charge is 0.361 e. The van der Waals surface area contributed by atoms with Crippen molar-refractivity contribution in [2.24, 2.45) is 5.73 Å². The molecule has 2 fully saturated rings. The van der Waals surface area contributed by atoms with E-state index in [1.807, 2.05) is 48.7 Å². The van der Waals surface area contributed by atoms with Crippen LogP contribution in [0.15, 0.2) is 54.7 Å². The van der Waals surface area contributed by atoms with Crippen LogP contribution < -0.4 is 11.1 Å². The highest BCUT2D eigenvalue weighted by Crippen LogP contribution is 2.32. The molecule has 2 heterocycles. The Morgan fingerprint density at radius 3 is 2.47 bits per heavy atom. The molecule has 3 aromatic rings. The number of nitrogens with one attached hydrogen (secondary N) is 2. The molecule has 2 unspecified atom stereocenters. The monoisotopic (exact) mass is 535 g/mol. The molecule has 7 nitrogen and oxygen atoms in total. The molecule has 1 saturated carbocycles. The minimum absolute atomic E-state index is 0.0653. The molecule has 0 spiro atoms. The number of Topliss-reactive ketones (excluding diaryl/α,β-unsaturated/α-hetero) is 1. The zero-order valence-corrected chi connectivity index (χ0v) is 22.6. The van der Waals surface area contributed by atoms with Gasteiger partial charge >= 0.3 is 0 Å². The highest BCUT2D eigenvalue weighted by molar-refractivity contribution is 6.31. The van der Waals surface area contributed by atoms with Crippen LogP contribution in [0.25, 0.3) is 10.9 Å². The Labute approximate surface area is 229 Å². The maximum Gasteiger partial charge on any atom is 0.222 e. The van der Waals surface area contributed by atoms with E-state index >= 15 is 0 Å². The average Bonchev–Trinajstić information content (AvgIpc) is 3.37. The Balaban J connectivity index is 1.29. The minimum atomic E-state index is -0.906. The van der Waals surface area contributed by atoms with Crippen LogP contribution >= 0.6 is 11.6 Å². The molecule has 2 aromatic carbocycles. The highest BCUT2D eigenvalue weighted by Gasteiger charge is 2.36. The number of rotatable bonds is 9. The van der Waals surface area contributed by atoms with Gasteiger partial charge in [0.25, 0.3) is 0 Å². The van der Waals surface area contributed by atoms with Crippen LogP contribution in [-0.4, -0.2) is 64.7 Å². The normalized spacial score (nSPS) is 19.3. The fraction of sp³-hybridized carbons (Fsp3) is 0.467. The van der Waals surface area contributed by atoms with Gasteiger partial charge < -0.3 is 16.0 Å². The molecule has 1 aliphatic heterocycles. The van der Waals surface area contributed by atoms with Crippen molar-refractivity contribution in [3.8, 4) is 0 Å². The maximum atomic E-state index is 13.9. The van der Waals surface area contributed by atoms with E-state index in [4.69, 9.17) is 17.3 Å². The summed E-state index contributed by atoms with van der Waals surface area (Å²) in [4.78, 5) is 34.9. The minimum Gasteiger partial charge on any atom is -0.361 e. The van der Waals surface area contributed by atoms with E-state index in [2.05, 4.69) is 20.1 Å². The van der Waals surface area contributed by atoms with E-state index in [-0.39, 0.29) is 18.1 Å². The number of carbonyl (C=O) groups is 2. The quantitative estimate of drug-likeness (QED) is 0.377. The second-order valence-electron chi connectivity index (χ2n) is 10.6. The molecule has 1 amide bonds. The molecule has 38 heavy (non-hydrogen) atoms. The predicted octanol–water partition coefficient (Wildman–Crippen LogP) is 4.42. The van der Waals surface area contributed by atoms with Gasteiger partial charge in [-0.1, -0.05) is 67.3 Å². The van der Waals surface area contributed by atoms with E-state index < -0.39 is 12.1 Å². The van der Waals surface area contributed by atoms with Gasteiger partial charge in [-0.05, 0) is 30.5 Å². The zero-order valence-electron chi connectivity index (χ0n) is 21.9. The Morgan fingerprint density at radius 2 is 1.71 bits per heavy atom. The lowest BCUT2D eigenvalue weighted by Gasteiger charge is -2.43. The number of benzene rings is 2. The SMILES string of the molecule is NC(CC(=O)NCc1ccccc1Cl)C(=O)C(c1c[nH]c2ccccc12)N1CCN(C2CCCCC2)CC1. The number of hydrogen-bond donors (Lipinski definition) is 3. The van der Waals surface area contributed by atoms with E-state index in [1.54, 1.807) is 6.07 Å². The summed E-state index contributed by atoms with van der Waals surface area (Å²) in [6.07, 6.45) is 8.40. The van der Waals surface area contributed by atoms with Gasteiger partial charge in [-0.15, -0.1) is 0 Å². The van der Waals surface area contributed by atoms with Crippen LogP contribution in [0, 0.1) is 0 Å². The van der Waals surface area contributed by atoms with Crippen LogP contribution in [0.5, 0.6) is 0 Å². The molecule has 4 N–H and O–H groups in total. The Kier molecular flexibility index (Phi) is 8.79. The molecule has 1 aromatic heterocycles. The van der Waals surface area contributed by atoms with E-state index in [9.17, 15) is 9.59 Å². The first-order valence-corrected chi connectivity index (χ1v) is 14.2. The number of nitrogens with zero attached hydrogens (tertiary/aromatic N) is 2. The summed E-state index contributed by atoms with van der Waals surface area (Å²) < 4.78 is 0. The van der Waals surface area contributed by atoms with Crippen LogP contribution in [0.3, 0.4) is 0 Å². The second kappa shape index (κ2) is 12.4.